The minimum absolute atomic E-state index is 0.0192. The number of nitrogens with zero attached hydrogens (tertiary/aromatic N) is 4. The highest BCUT2D eigenvalue weighted by atomic mass is 32.1. The molecule has 1 aliphatic heterocycles. The normalized spacial score (nSPS) is 14.8. The average Bonchev–Trinajstić information content (AvgIpc) is 3.18. The van der Waals surface area contributed by atoms with Crippen molar-refractivity contribution in [3.05, 3.63) is 56.6 Å². The van der Waals surface area contributed by atoms with Crippen LogP contribution in [-0.2, 0) is 26.6 Å². The quantitative estimate of drug-likeness (QED) is 0.792. The lowest BCUT2D eigenvalue weighted by atomic mass is 10.1. The van der Waals surface area contributed by atoms with Crippen molar-refractivity contribution in [2.45, 2.75) is 26.4 Å². The number of H-pyrrole nitrogens is 1. The van der Waals surface area contributed by atoms with E-state index >= 15 is 0 Å². The lowest BCUT2D eigenvalue weighted by Crippen LogP contribution is -2.35. The number of hydrogen-bond donors (Lipinski definition) is 1. The zero-order chi connectivity index (χ0) is 16.7. The zero-order valence-corrected chi connectivity index (χ0v) is 14.6. The number of hydrogen-bond acceptors (Lipinski definition) is 5. The second-order valence-corrected chi connectivity index (χ2v) is 7.13. The van der Waals surface area contributed by atoms with Crippen LogP contribution in [0.3, 0.4) is 0 Å². The van der Waals surface area contributed by atoms with Gasteiger partial charge in [-0.15, -0.1) is 11.3 Å². The van der Waals surface area contributed by atoms with Gasteiger partial charge in [0.2, 0.25) is 0 Å². The monoisotopic (exact) mass is 341 g/mol. The molecule has 24 heavy (non-hydrogen) atoms. The molecule has 1 aliphatic rings. The van der Waals surface area contributed by atoms with Gasteiger partial charge in [-0.1, -0.05) is 6.07 Å². The Hall–Kier alpha value is -2.25. The SMILES string of the molecule is Cc1cc(CN2CCc3nc(-c4cccs4)[nH]c(=O)c3C2)n(C)n1. The van der Waals surface area contributed by atoms with Crippen LogP contribution in [0.2, 0.25) is 0 Å². The van der Waals surface area contributed by atoms with Crippen molar-refractivity contribution in [1.29, 1.82) is 0 Å². The van der Waals surface area contributed by atoms with Crippen LogP contribution in [0.25, 0.3) is 10.7 Å². The van der Waals surface area contributed by atoms with E-state index in [0.717, 1.165) is 47.0 Å². The molecule has 3 aromatic heterocycles. The van der Waals surface area contributed by atoms with Crippen molar-refractivity contribution in [2.75, 3.05) is 6.54 Å². The molecule has 0 aromatic carbocycles. The number of aromatic nitrogens is 4. The second kappa shape index (κ2) is 5.99. The van der Waals surface area contributed by atoms with Gasteiger partial charge in [0, 0.05) is 33.1 Å². The molecule has 0 amide bonds. The lowest BCUT2D eigenvalue weighted by molar-refractivity contribution is 0.235. The summed E-state index contributed by atoms with van der Waals surface area (Å²) in [5, 5.41) is 6.38. The van der Waals surface area contributed by atoms with Crippen LogP contribution in [0.5, 0.6) is 0 Å². The molecule has 0 radical (unpaired) electrons. The maximum Gasteiger partial charge on any atom is 0.255 e. The third-order valence-electron chi connectivity index (χ3n) is 4.39. The summed E-state index contributed by atoms with van der Waals surface area (Å²) in [4.78, 5) is 23.4. The maximum atomic E-state index is 12.5. The van der Waals surface area contributed by atoms with Crippen LogP contribution >= 0.6 is 11.3 Å². The van der Waals surface area contributed by atoms with Crippen LogP contribution in [0, 0.1) is 6.92 Å². The molecule has 0 saturated heterocycles. The first-order chi connectivity index (χ1) is 11.6. The summed E-state index contributed by atoms with van der Waals surface area (Å²) >= 11 is 1.59. The lowest BCUT2D eigenvalue weighted by Gasteiger charge is -2.27. The van der Waals surface area contributed by atoms with Gasteiger partial charge in [-0.2, -0.15) is 5.10 Å². The third kappa shape index (κ3) is 2.81. The Morgan fingerprint density at radius 3 is 3.00 bits per heavy atom. The molecule has 3 aromatic rings. The summed E-state index contributed by atoms with van der Waals surface area (Å²) in [5.74, 6) is 0.685. The number of aryl methyl sites for hydroxylation is 2. The van der Waals surface area contributed by atoms with E-state index in [-0.39, 0.29) is 5.56 Å². The Morgan fingerprint density at radius 2 is 2.29 bits per heavy atom. The van der Waals surface area contributed by atoms with Crippen molar-refractivity contribution < 1.29 is 0 Å². The minimum Gasteiger partial charge on any atom is -0.306 e. The average molecular weight is 341 g/mol. The largest absolute Gasteiger partial charge is 0.306 e. The van der Waals surface area contributed by atoms with Gasteiger partial charge < -0.3 is 4.98 Å². The molecule has 0 aliphatic carbocycles. The number of rotatable bonds is 3. The summed E-state index contributed by atoms with van der Waals surface area (Å²) in [6, 6.07) is 6.05. The molecule has 6 nitrogen and oxygen atoms in total. The van der Waals surface area contributed by atoms with Crippen LogP contribution in [0.15, 0.2) is 28.4 Å². The zero-order valence-electron chi connectivity index (χ0n) is 13.7. The summed E-state index contributed by atoms with van der Waals surface area (Å²) < 4.78 is 1.91. The number of aromatic amines is 1. The first-order valence-electron chi connectivity index (χ1n) is 7.98. The highest BCUT2D eigenvalue weighted by Gasteiger charge is 2.22. The molecule has 0 atom stereocenters. The predicted octanol–water partition coefficient (Wildman–Crippen LogP) is 2.10. The molecule has 0 unspecified atom stereocenters. The molecule has 124 valence electrons. The van der Waals surface area contributed by atoms with Gasteiger partial charge in [-0.3, -0.25) is 14.4 Å². The van der Waals surface area contributed by atoms with Crippen molar-refractivity contribution in [1.82, 2.24) is 24.6 Å². The smallest absolute Gasteiger partial charge is 0.255 e. The second-order valence-electron chi connectivity index (χ2n) is 6.18. The summed E-state index contributed by atoms with van der Waals surface area (Å²) in [6.45, 7) is 4.32. The van der Waals surface area contributed by atoms with E-state index < -0.39 is 0 Å². The minimum atomic E-state index is -0.0192. The molecule has 0 fully saturated rings. The van der Waals surface area contributed by atoms with Crippen molar-refractivity contribution in [3.63, 3.8) is 0 Å². The Balaban J connectivity index is 1.59. The van der Waals surface area contributed by atoms with E-state index in [4.69, 9.17) is 4.98 Å². The van der Waals surface area contributed by atoms with Crippen LogP contribution in [0.1, 0.15) is 22.6 Å². The van der Waals surface area contributed by atoms with Gasteiger partial charge >= 0.3 is 0 Å². The molecule has 4 heterocycles. The van der Waals surface area contributed by atoms with Gasteiger partial charge in [-0.25, -0.2) is 4.98 Å². The topological polar surface area (TPSA) is 66.8 Å². The fourth-order valence-electron chi connectivity index (χ4n) is 3.19. The first kappa shape index (κ1) is 15.3. The van der Waals surface area contributed by atoms with Gasteiger partial charge in [0.1, 0.15) is 0 Å². The highest BCUT2D eigenvalue weighted by Crippen LogP contribution is 2.23. The van der Waals surface area contributed by atoms with Gasteiger partial charge in [0.15, 0.2) is 5.82 Å². The Kier molecular flexibility index (Phi) is 3.82. The van der Waals surface area contributed by atoms with E-state index in [2.05, 4.69) is 21.0 Å². The van der Waals surface area contributed by atoms with Gasteiger partial charge in [-0.05, 0) is 24.4 Å². The highest BCUT2D eigenvalue weighted by molar-refractivity contribution is 7.13. The summed E-state index contributed by atoms with van der Waals surface area (Å²) in [7, 11) is 1.96. The Morgan fingerprint density at radius 1 is 1.42 bits per heavy atom. The maximum absolute atomic E-state index is 12.5. The molecular weight excluding hydrogens is 322 g/mol. The fraction of sp³-hybridized carbons (Fsp3) is 0.353. The van der Waals surface area contributed by atoms with Crippen molar-refractivity contribution in [3.8, 4) is 10.7 Å². The van der Waals surface area contributed by atoms with Gasteiger partial charge in [0.05, 0.1) is 27.5 Å². The summed E-state index contributed by atoms with van der Waals surface area (Å²) in [5.41, 5.74) is 3.88. The van der Waals surface area contributed by atoms with Gasteiger partial charge in [0.25, 0.3) is 5.56 Å². The van der Waals surface area contributed by atoms with E-state index in [9.17, 15) is 4.79 Å². The first-order valence-corrected chi connectivity index (χ1v) is 8.86. The Bertz CT molecular complexity index is 925. The predicted molar refractivity (Wildman–Crippen MR) is 93.9 cm³/mol. The van der Waals surface area contributed by atoms with Crippen molar-refractivity contribution >= 4 is 11.3 Å². The van der Waals surface area contributed by atoms with E-state index in [0.29, 0.717) is 12.4 Å². The molecule has 1 N–H and O–H groups in total. The van der Waals surface area contributed by atoms with Crippen LogP contribution < -0.4 is 5.56 Å². The number of fused-ring (bicyclic) bond motifs is 1. The van der Waals surface area contributed by atoms with E-state index in [1.807, 2.05) is 36.2 Å². The molecule has 7 heteroatoms. The standard InChI is InChI=1S/C17H19N5OS/c1-11-8-12(21(2)20-11)9-22-6-5-14-13(10-22)17(23)19-16(18-14)15-4-3-7-24-15/h3-4,7-8H,5-6,9-10H2,1-2H3,(H,18,19,23). The number of thiophene rings is 1. The fourth-order valence-corrected chi connectivity index (χ4v) is 3.86. The van der Waals surface area contributed by atoms with E-state index in [1.54, 1.807) is 11.3 Å². The Labute approximate surface area is 143 Å². The van der Waals surface area contributed by atoms with Crippen molar-refractivity contribution in [2.24, 2.45) is 7.05 Å². The van der Waals surface area contributed by atoms with Crippen LogP contribution in [0.4, 0.5) is 0 Å². The number of nitrogens with one attached hydrogen (secondary N) is 1. The molecule has 0 saturated carbocycles. The summed E-state index contributed by atoms with van der Waals surface area (Å²) in [6.07, 6.45) is 0.800. The molecule has 0 bridgehead atoms. The molecule has 0 spiro atoms. The van der Waals surface area contributed by atoms with E-state index in [1.165, 1.54) is 0 Å². The molecular formula is C17H19N5OS. The third-order valence-corrected chi connectivity index (χ3v) is 5.26. The van der Waals surface area contributed by atoms with Crippen LogP contribution in [-0.4, -0.2) is 31.2 Å². The molecule has 4 rings (SSSR count).